The van der Waals surface area contributed by atoms with Gasteiger partial charge >= 0.3 is 6.18 Å². The number of amides is 1. The van der Waals surface area contributed by atoms with Crippen LogP contribution in [-0.4, -0.2) is 27.3 Å². The molecule has 13 heteroatoms. The second kappa shape index (κ2) is 10.2. The number of halogens is 6. The molecule has 3 N–H and O–H groups in total. The Kier molecular flexibility index (Phi) is 8.11. The summed E-state index contributed by atoms with van der Waals surface area (Å²) in [5, 5.41) is 16.3. The summed E-state index contributed by atoms with van der Waals surface area (Å²) < 4.78 is 37.1. The molecule has 0 saturated heterocycles. The molecule has 0 spiro atoms. The molecule has 0 fully saturated rings. The SMILES string of the molecule is CC(Cl)(Cl)C(N=C(NC#N)Nc1ccc(C(F)(F)F)nc1)NC(=O)c1ccc(Br)cc1. The van der Waals surface area contributed by atoms with Crippen LogP contribution in [0.15, 0.2) is 52.1 Å². The molecule has 0 radical (unpaired) electrons. The minimum absolute atomic E-state index is 0.0957. The van der Waals surface area contributed by atoms with Crippen molar-refractivity contribution < 1.29 is 18.0 Å². The van der Waals surface area contributed by atoms with Gasteiger partial charge < -0.3 is 10.6 Å². The molecule has 1 unspecified atom stereocenters. The van der Waals surface area contributed by atoms with Crippen LogP contribution in [0.3, 0.4) is 0 Å². The molecule has 164 valence electrons. The van der Waals surface area contributed by atoms with Crippen molar-refractivity contribution in [3.63, 3.8) is 0 Å². The molecule has 0 aliphatic rings. The van der Waals surface area contributed by atoms with Gasteiger partial charge in [0, 0.05) is 10.0 Å². The second-order valence-electron chi connectivity index (χ2n) is 6.11. The highest BCUT2D eigenvalue weighted by atomic mass is 79.9. The van der Waals surface area contributed by atoms with E-state index in [2.05, 4.69) is 41.9 Å². The number of hydrogen-bond acceptors (Lipinski definition) is 4. The normalized spacial score (nSPS) is 13.2. The summed E-state index contributed by atoms with van der Waals surface area (Å²) in [5.41, 5.74) is -0.687. The van der Waals surface area contributed by atoms with Gasteiger partial charge in [0.25, 0.3) is 5.91 Å². The van der Waals surface area contributed by atoms with Crippen LogP contribution in [0.1, 0.15) is 23.0 Å². The third-order valence-electron chi connectivity index (χ3n) is 3.60. The number of rotatable bonds is 5. The lowest BCUT2D eigenvalue weighted by Crippen LogP contribution is -2.45. The second-order valence-corrected chi connectivity index (χ2v) is 8.79. The fourth-order valence-electron chi connectivity index (χ4n) is 2.13. The van der Waals surface area contributed by atoms with Gasteiger partial charge in [-0.1, -0.05) is 39.1 Å². The van der Waals surface area contributed by atoms with Gasteiger partial charge in [-0.15, -0.1) is 0 Å². The van der Waals surface area contributed by atoms with Crippen LogP contribution < -0.4 is 16.0 Å². The Hall–Kier alpha value is -2.55. The number of anilines is 1. The Morgan fingerprint density at radius 3 is 2.35 bits per heavy atom. The molecule has 1 aromatic heterocycles. The summed E-state index contributed by atoms with van der Waals surface area (Å²) in [6.45, 7) is 1.37. The van der Waals surface area contributed by atoms with Crippen LogP contribution >= 0.6 is 39.1 Å². The Morgan fingerprint density at radius 1 is 1.23 bits per heavy atom. The minimum atomic E-state index is -4.60. The van der Waals surface area contributed by atoms with E-state index in [-0.39, 0.29) is 11.6 Å². The number of nitrogens with zero attached hydrogens (tertiary/aromatic N) is 3. The fourth-order valence-corrected chi connectivity index (χ4v) is 2.60. The highest BCUT2D eigenvalue weighted by molar-refractivity contribution is 9.10. The van der Waals surface area contributed by atoms with Crippen LogP contribution in [0.4, 0.5) is 18.9 Å². The van der Waals surface area contributed by atoms with Crippen LogP contribution in [-0.2, 0) is 6.18 Å². The third-order valence-corrected chi connectivity index (χ3v) is 4.55. The van der Waals surface area contributed by atoms with Crippen molar-refractivity contribution in [1.29, 1.82) is 5.26 Å². The molecule has 0 bridgehead atoms. The smallest absolute Gasteiger partial charge is 0.328 e. The van der Waals surface area contributed by atoms with Gasteiger partial charge in [-0.25, -0.2) is 9.98 Å². The first-order valence-electron chi connectivity index (χ1n) is 8.37. The lowest BCUT2D eigenvalue weighted by molar-refractivity contribution is -0.141. The van der Waals surface area contributed by atoms with E-state index in [1.807, 2.05) is 0 Å². The molecule has 0 aliphatic heterocycles. The van der Waals surface area contributed by atoms with Crippen molar-refractivity contribution in [1.82, 2.24) is 15.6 Å². The average molecular weight is 538 g/mol. The first-order chi connectivity index (χ1) is 14.4. The van der Waals surface area contributed by atoms with Gasteiger partial charge in [-0.05, 0) is 43.3 Å². The maximum Gasteiger partial charge on any atom is 0.433 e. The Labute approximate surface area is 193 Å². The maximum atomic E-state index is 12.7. The quantitative estimate of drug-likeness (QED) is 0.169. The number of nitriles is 1. The molecule has 1 heterocycles. The molecule has 0 aliphatic carbocycles. The molecular weight excluding hydrogens is 524 g/mol. The van der Waals surface area contributed by atoms with E-state index >= 15 is 0 Å². The van der Waals surface area contributed by atoms with Crippen molar-refractivity contribution >= 4 is 56.7 Å². The number of alkyl halides is 5. The summed E-state index contributed by atoms with van der Waals surface area (Å²) >= 11 is 15.5. The monoisotopic (exact) mass is 536 g/mol. The van der Waals surface area contributed by atoms with E-state index in [0.717, 1.165) is 22.8 Å². The van der Waals surface area contributed by atoms with Gasteiger partial charge in [0.05, 0.1) is 11.9 Å². The molecule has 7 nitrogen and oxygen atoms in total. The van der Waals surface area contributed by atoms with Gasteiger partial charge in [0.1, 0.15) is 5.69 Å². The molecule has 2 aromatic rings. The lowest BCUT2D eigenvalue weighted by Gasteiger charge is -2.25. The van der Waals surface area contributed by atoms with E-state index in [1.165, 1.54) is 6.92 Å². The van der Waals surface area contributed by atoms with Gasteiger partial charge in [0.15, 0.2) is 16.7 Å². The largest absolute Gasteiger partial charge is 0.433 e. The number of pyridine rings is 1. The third kappa shape index (κ3) is 7.57. The number of carbonyl (C=O) groups is 1. The highest BCUT2D eigenvalue weighted by Gasteiger charge is 2.33. The first kappa shape index (κ1) is 24.7. The van der Waals surface area contributed by atoms with Gasteiger partial charge in [-0.2, -0.15) is 18.4 Å². The predicted molar refractivity (Wildman–Crippen MR) is 115 cm³/mol. The summed E-state index contributed by atoms with van der Waals surface area (Å²) in [5.74, 6) is -0.765. The molecule has 1 aromatic carbocycles. The van der Waals surface area contributed by atoms with E-state index in [4.69, 9.17) is 28.5 Å². The van der Waals surface area contributed by atoms with Crippen molar-refractivity contribution in [3.05, 3.63) is 58.3 Å². The van der Waals surface area contributed by atoms with E-state index in [1.54, 1.807) is 30.5 Å². The van der Waals surface area contributed by atoms with Crippen molar-refractivity contribution in [2.75, 3.05) is 5.32 Å². The van der Waals surface area contributed by atoms with Crippen molar-refractivity contribution in [3.8, 4) is 6.19 Å². The number of hydrogen-bond donors (Lipinski definition) is 3. The topological polar surface area (TPSA) is 102 Å². The minimum Gasteiger partial charge on any atom is -0.328 e. The Balaban J connectivity index is 2.26. The van der Waals surface area contributed by atoms with Crippen LogP contribution in [0, 0.1) is 11.5 Å². The summed E-state index contributed by atoms with van der Waals surface area (Å²) in [6, 6.07) is 8.29. The number of nitrogens with one attached hydrogen (secondary N) is 3. The lowest BCUT2D eigenvalue weighted by atomic mass is 10.2. The summed E-state index contributed by atoms with van der Waals surface area (Å²) in [7, 11) is 0. The first-order valence-corrected chi connectivity index (χ1v) is 9.92. The number of aromatic nitrogens is 1. The molecule has 1 atom stereocenters. The molecule has 0 saturated carbocycles. The van der Waals surface area contributed by atoms with Crippen LogP contribution in [0.5, 0.6) is 0 Å². The van der Waals surface area contributed by atoms with Crippen LogP contribution in [0.25, 0.3) is 0 Å². The van der Waals surface area contributed by atoms with E-state index in [0.29, 0.717) is 5.56 Å². The van der Waals surface area contributed by atoms with Gasteiger partial charge in [-0.3, -0.25) is 10.1 Å². The average Bonchev–Trinajstić information content (AvgIpc) is 2.67. The zero-order chi connectivity index (χ0) is 23.2. The van der Waals surface area contributed by atoms with Crippen molar-refractivity contribution in [2.24, 2.45) is 4.99 Å². The number of aliphatic imine (C=N–C) groups is 1. The van der Waals surface area contributed by atoms with E-state index < -0.39 is 28.3 Å². The van der Waals surface area contributed by atoms with Crippen LogP contribution in [0.2, 0.25) is 0 Å². The molecule has 1 amide bonds. The Bertz CT molecular complexity index is 986. The summed E-state index contributed by atoms with van der Waals surface area (Å²) in [4.78, 5) is 19.9. The standard InChI is InChI=1S/C18H14BrCl2F3N6O/c1-17(20,21)15(29-14(31)10-2-4-11(19)5-3-10)30-16(27-9-25)28-12-6-7-13(26-8-12)18(22,23)24/h2-8,15H,1H3,(H,29,31)(H2,27,28,30). The van der Waals surface area contributed by atoms with Crippen molar-refractivity contribution in [2.45, 2.75) is 23.6 Å². The van der Waals surface area contributed by atoms with E-state index in [9.17, 15) is 18.0 Å². The van der Waals surface area contributed by atoms with Gasteiger partial charge in [0.2, 0.25) is 5.96 Å². The zero-order valence-electron chi connectivity index (χ0n) is 15.6. The summed E-state index contributed by atoms with van der Waals surface area (Å²) in [6.07, 6.45) is -3.30. The number of guanidine groups is 1. The number of carbonyl (C=O) groups excluding carboxylic acids is 1. The number of benzene rings is 1. The fraction of sp³-hybridized carbons (Fsp3) is 0.222. The maximum absolute atomic E-state index is 12.7. The molecular formula is C18H14BrCl2F3N6O. The zero-order valence-corrected chi connectivity index (χ0v) is 18.7. The molecule has 31 heavy (non-hydrogen) atoms. The Morgan fingerprint density at radius 2 is 1.87 bits per heavy atom. The highest BCUT2D eigenvalue weighted by Crippen LogP contribution is 2.28. The predicted octanol–water partition coefficient (Wildman–Crippen LogP) is 4.65. The molecule has 2 rings (SSSR count).